The molecule has 35 heavy (non-hydrogen) atoms. The fraction of sp³-hybridized carbons (Fsp3) is 0.267. The minimum Gasteiger partial charge on any atom is -0.507 e. The molecule has 0 saturated carbocycles. The van der Waals surface area contributed by atoms with E-state index >= 15 is 0 Å². The number of aliphatic hydroxyl groups excluding tert-OH is 1. The molecule has 3 aromatic carbocycles. The molecule has 1 amide bonds. The summed E-state index contributed by atoms with van der Waals surface area (Å²) in [5.41, 5.74) is 4.53. The number of benzene rings is 3. The molecule has 0 radical (unpaired) electrons. The topological polar surface area (TPSA) is 66.8 Å². The standard InChI is InChI=1S/C30H31NO4/c1-18-12-14-23(19(2)16-18)31-26(20-10-8-7-9-11-20)25(28(33)29(31)34)27(32)22-17-21(30(3,4)5)13-15-24(22)35-6/h7-17,26,32H,1-6H3/b27-25+. The van der Waals surface area contributed by atoms with E-state index < -0.39 is 17.7 Å². The summed E-state index contributed by atoms with van der Waals surface area (Å²) >= 11 is 0. The highest BCUT2D eigenvalue weighted by molar-refractivity contribution is 6.51. The molecule has 1 fully saturated rings. The molecule has 1 saturated heterocycles. The Balaban J connectivity index is 2.00. The zero-order valence-corrected chi connectivity index (χ0v) is 21.0. The number of hydrogen-bond acceptors (Lipinski definition) is 4. The van der Waals surface area contributed by atoms with Crippen molar-refractivity contribution in [2.45, 2.75) is 46.1 Å². The number of Topliss-reactive ketones (excluding diaryl/α,β-unsaturated/α-hetero) is 1. The molecule has 0 spiro atoms. The maximum atomic E-state index is 13.5. The van der Waals surface area contributed by atoms with Gasteiger partial charge in [-0.05, 0) is 54.2 Å². The molecular weight excluding hydrogens is 438 g/mol. The van der Waals surface area contributed by atoms with Crippen LogP contribution in [0.15, 0.2) is 72.3 Å². The molecule has 0 aromatic heterocycles. The first kappa shape index (κ1) is 24.3. The highest BCUT2D eigenvalue weighted by atomic mass is 16.5. The van der Waals surface area contributed by atoms with Gasteiger partial charge in [0.25, 0.3) is 11.7 Å². The van der Waals surface area contributed by atoms with Crippen LogP contribution in [0, 0.1) is 13.8 Å². The molecule has 5 nitrogen and oxygen atoms in total. The molecule has 1 aliphatic heterocycles. The Morgan fingerprint density at radius 3 is 2.23 bits per heavy atom. The van der Waals surface area contributed by atoms with Crippen molar-refractivity contribution in [1.82, 2.24) is 0 Å². The maximum absolute atomic E-state index is 13.5. The summed E-state index contributed by atoms with van der Waals surface area (Å²) < 4.78 is 5.54. The Bertz CT molecular complexity index is 1330. The zero-order valence-electron chi connectivity index (χ0n) is 21.0. The average molecular weight is 470 g/mol. The largest absolute Gasteiger partial charge is 0.507 e. The van der Waals surface area contributed by atoms with Crippen molar-refractivity contribution in [3.63, 3.8) is 0 Å². The van der Waals surface area contributed by atoms with Crippen molar-refractivity contribution in [3.05, 3.63) is 100 Å². The highest BCUT2D eigenvalue weighted by Gasteiger charge is 2.47. The van der Waals surface area contributed by atoms with Crippen LogP contribution in [-0.2, 0) is 15.0 Å². The average Bonchev–Trinajstić information content (AvgIpc) is 3.08. The van der Waals surface area contributed by atoms with Gasteiger partial charge in [0.15, 0.2) is 0 Å². The van der Waals surface area contributed by atoms with Crippen LogP contribution in [-0.4, -0.2) is 23.9 Å². The van der Waals surface area contributed by atoms with Crippen molar-refractivity contribution in [3.8, 4) is 5.75 Å². The predicted molar refractivity (Wildman–Crippen MR) is 139 cm³/mol. The zero-order chi connectivity index (χ0) is 25.5. The molecule has 1 atom stereocenters. The Morgan fingerprint density at radius 1 is 0.943 bits per heavy atom. The van der Waals surface area contributed by atoms with Gasteiger partial charge in [0.2, 0.25) is 0 Å². The van der Waals surface area contributed by atoms with Crippen molar-refractivity contribution in [2.75, 3.05) is 12.0 Å². The van der Waals surface area contributed by atoms with E-state index in [-0.39, 0.29) is 16.7 Å². The molecule has 0 aliphatic carbocycles. The van der Waals surface area contributed by atoms with Gasteiger partial charge >= 0.3 is 0 Å². The number of amides is 1. The summed E-state index contributed by atoms with van der Waals surface area (Å²) in [6, 6.07) is 19.9. The first-order valence-electron chi connectivity index (χ1n) is 11.7. The molecule has 1 unspecified atom stereocenters. The van der Waals surface area contributed by atoms with Gasteiger partial charge in [0.05, 0.1) is 24.3 Å². The van der Waals surface area contributed by atoms with Gasteiger partial charge in [-0.3, -0.25) is 14.5 Å². The van der Waals surface area contributed by atoms with E-state index in [9.17, 15) is 14.7 Å². The van der Waals surface area contributed by atoms with E-state index in [0.717, 1.165) is 22.3 Å². The van der Waals surface area contributed by atoms with Gasteiger partial charge in [-0.1, -0.05) is 74.9 Å². The number of anilines is 1. The lowest BCUT2D eigenvalue weighted by molar-refractivity contribution is -0.132. The third-order valence-corrected chi connectivity index (χ3v) is 6.49. The van der Waals surface area contributed by atoms with Gasteiger partial charge in [-0.25, -0.2) is 0 Å². The lowest BCUT2D eigenvalue weighted by atomic mass is 9.85. The van der Waals surface area contributed by atoms with Crippen molar-refractivity contribution < 1.29 is 19.4 Å². The number of carbonyl (C=O) groups excluding carboxylic acids is 2. The van der Waals surface area contributed by atoms with Gasteiger partial charge < -0.3 is 9.84 Å². The fourth-order valence-corrected chi connectivity index (χ4v) is 4.61. The van der Waals surface area contributed by atoms with Crippen molar-refractivity contribution in [1.29, 1.82) is 0 Å². The summed E-state index contributed by atoms with van der Waals surface area (Å²) in [5, 5.41) is 11.6. The molecule has 1 aliphatic rings. The van der Waals surface area contributed by atoms with Crippen LogP contribution in [0.1, 0.15) is 54.6 Å². The second-order valence-electron chi connectivity index (χ2n) is 10.0. The minimum absolute atomic E-state index is 0.0468. The number of ketones is 1. The number of aryl methyl sites for hydroxylation is 2. The number of carbonyl (C=O) groups is 2. The summed E-state index contributed by atoms with van der Waals surface area (Å²) in [4.78, 5) is 28.4. The molecule has 1 heterocycles. The van der Waals surface area contributed by atoms with Crippen LogP contribution in [0.5, 0.6) is 5.75 Å². The van der Waals surface area contributed by atoms with E-state index in [0.29, 0.717) is 17.0 Å². The van der Waals surface area contributed by atoms with Crippen LogP contribution < -0.4 is 9.64 Å². The van der Waals surface area contributed by atoms with Crippen molar-refractivity contribution >= 4 is 23.1 Å². The van der Waals surface area contributed by atoms with E-state index in [1.54, 1.807) is 6.07 Å². The maximum Gasteiger partial charge on any atom is 0.300 e. The first-order chi connectivity index (χ1) is 16.5. The fourth-order valence-electron chi connectivity index (χ4n) is 4.61. The van der Waals surface area contributed by atoms with E-state index in [1.165, 1.54) is 12.0 Å². The Kier molecular flexibility index (Phi) is 6.28. The number of nitrogens with zero attached hydrogens (tertiary/aromatic N) is 1. The van der Waals surface area contributed by atoms with Crippen LogP contribution in [0.2, 0.25) is 0 Å². The van der Waals surface area contributed by atoms with Crippen molar-refractivity contribution in [2.24, 2.45) is 0 Å². The summed E-state index contributed by atoms with van der Waals surface area (Å²) in [5.74, 6) is -1.20. The highest BCUT2D eigenvalue weighted by Crippen LogP contribution is 2.44. The lowest BCUT2D eigenvalue weighted by Gasteiger charge is -2.27. The molecule has 0 bridgehead atoms. The normalized spacial score (nSPS) is 17.7. The summed E-state index contributed by atoms with van der Waals surface area (Å²) in [6.45, 7) is 10.1. The predicted octanol–water partition coefficient (Wildman–Crippen LogP) is 6.24. The smallest absolute Gasteiger partial charge is 0.300 e. The first-order valence-corrected chi connectivity index (χ1v) is 11.7. The molecule has 5 heteroatoms. The second kappa shape index (κ2) is 9.06. The quantitative estimate of drug-likeness (QED) is 0.279. The van der Waals surface area contributed by atoms with Crippen LogP contribution >= 0.6 is 0 Å². The molecule has 1 N–H and O–H groups in total. The molecule has 180 valence electrons. The Morgan fingerprint density at radius 2 is 1.63 bits per heavy atom. The van der Waals surface area contributed by atoms with Crippen LogP contribution in [0.4, 0.5) is 5.69 Å². The van der Waals surface area contributed by atoms with Gasteiger partial charge in [-0.15, -0.1) is 0 Å². The van der Waals surface area contributed by atoms with Crippen LogP contribution in [0.25, 0.3) is 5.76 Å². The third-order valence-electron chi connectivity index (χ3n) is 6.49. The molecule has 3 aromatic rings. The Labute approximate surface area is 206 Å². The Hall–Kier alpha value is -3.86. The summed E-state index contributed by atoms with van der Waals surface area (Å²) in [7, 11) is 1.52. The number of methoxy groups -OCH3 is 1. The number of hydrogen-bond donors (Lipinski definition) is 1. The van der Waals surface area contributed by atoms with Gasteiger partial charge in [0, 0.05) is 5.69 Å². The van der Waals surface area contributed by atoms with Gasteiger partial charge in [-0.2, -0.15) is 0 Å². The van der Waals surface area contributed by atoms with E-state index in [1.807, 2.05) is 74.5 Å². The SMILES string of the molecule is COc1ccc(C(C)(C)C)cc1/C(O)=C1\C(=O)C(=O)N(c2ccc(C)cc2C)C1c1ccccc1. The number of aliphatic hydroxyl groups is 1. The van der Waals surface area contributed by atoms with Crippen LogP contribution in [0.3, 0.4) is 0 Å². The number of rotatable bonds is 4. The number of ether oxygens (including phenoxy) is 1. The molecule has 4 rings (SSSR count). The monoisotopic (exact) mass is 469 g/mol. The second-order valence-corrected chi connectivity index (χ2v) is 10.0. The van der Waals surface area contributed by atoms with Gasteiger partial charge in [0.1, 0.15) is 11.5 Å². The van der Waals surface area contributed by atoms with E-state index in [2.05, 4.69) is 20.8 Å². The summed E-state index contributed by atoms with van der Waals surface area (Å²) in [6.07, 6.45) is 0. The third kappa shape index (κ3) is 4.34. The lowest BCUT2D eigenvalue weighted by Crippen LogP contribution is -2.30. The van der Waals surface area contributed by atoms with E-state index in [4.69, 9.17) is 4.74 Å². The minimum atomic E-state index is -0.777. The molecular formula is C30H31NO4.